The molecule has 31 heavy (non-hydrogen) atoms. The summed E-state index contributed by atoms with van der Waals surface area (Å²) in [6.45, 7) is 3.54. The van der Waals surface area contributed by atoms with Crippen molar-refractivity contribution in [2.45, 2.75) is 37.8 Å². The Bertz CT molecular complexity index is 909. The van der Waals surface area contributed by atoms with Crippen LogP contribution in [0.1, 0.15) is 47.0 Å². The van der Waals surface area contributed by atoms with E-state index in [1.54, 1.807) is 17.5 Å². The molecule has 1 aliphatic rings. The number of nitrogens with one attached hydrogen (secondary N) is 2. The molecular formula is C23H26FN3O3S. The van der Waals surface area contributed by atoms with Crippen LogP contribution >= 0.6 is 11.3 Å². The van der Waals surface area contributed by atoms with Crippen LogP contribution in [0.5, 0.6) is 0 Å². The summed E-state index contributed by atoms with van der Waals surface area (Å²) in [6.07, 6.45) is 5.42. The Hall–Kier alpha value is -3.00. The van der Waals surface area contributed by atoms with E-state index in [9.17, 15) is 18.8 Å². The van der Waals surface area contributed by atoms with Crippen LogP contribution in [0.4, 0.5) is 4.39 Å². The van der Waals surface area contributed by atoms with E-state index in [1.807, 2.05) is 0 Å². The molecule has 1 aromatic heterocycles. The number of halogens is 1. The quantitative estimate of drug-likeness (QED) is 0.583. The highest BCUT2D eigenvalue weighted by molar-refractivity contribution is 7.12. The highest BCUT2D eigenvalue weighted by atomic mass is 32.1. The van der Waals surface area contributed by atoms with Crippen molar-refractivity contribution >= 4 is 29.1 Å². The average Bonchev–Trinajstić information content (AvgIpc) is 3.47. The molecule has 8 heteroatoms. The minimum atomic E-state index is -0.953. The van der Waals surface area contributed by atoms with E-state index in [4.69, 9.17) is 0 Å². The first kappa shape index (κ1) is 22.7. The zero-order chi connectivity index (χ0) is 22.2. The number of amides is 3. The number of carbonyl (C=O) groups excluding carboxylic acids is 3. The third kappa shape index (κ3) is 6.01. The van der Waals surface area contributed by atoms with Crippen molar-refractivity contribution in [2.75, 3.05) is 13.1 Å². The maximum Gasteiger partial charge on any atom is 0.261 e. The molecule has 0 unspecified atom stereocenters. The third-order valence-corrected chi connectivity index (χ3v) is 6.11. The van der Waals surface area contributed by atoms with Gasteiger partial charge < -0.3 is 15.5 Å². The number of benzene rings is 1. The lowest BCUT2D eigenvalue weighted by Crippen LogP contribution is -2.48. The van der Waals surface area contributed by atoms with E-state index in [2.05, 4.69) is 17.2 Å². The molecule has 0 radical (unpaired) electrons. The smallest absolute Gasteiger partial charge is 0.261 e. The highest BCUT2D eigenvalue weighted by Gasteiger charge is 2.32. The number of thiophene rings is 1. The Morgan fingerprint density at radius 2 is 1.90 bits per heavy atom. The van der Waals surface area contributed by atoms with Crippen LogP contribution in [0, 0.1) is 5.82 Å². The SMILES string of the molecule is C=CCN(C(=O)CNC(=O)c1cccs1)[C@@H](C(=O)NC1CCCC1)c1ccc(F)cc1. The fourth-order valence-corrected chi connectivity index (χ4v) is 4.35. The van der Waals surface area contributed by atoms with Crippen molar-refractivity contribution < 1.29 is 18.8 Å². The van der Waals surface area contributed by atoms with Gasteiger partial charge in [0, 0.05) is 12.6 Å². The fraction of sp³-hybridized carbons (Fsp3) is 0.348. The molecule has 1 heterocycles. The molecule has 0 bridgehead atoms. The van der Waals surface area contributed by atoms with Gasteiger partial charge in [0.15, 0.2) is 0 Å². The molecule has 0 spiro atoms. The van der Waals surface area contributed by atoms with Crippen molar-refractivity contribution in [1.29, 1.82) is 0 Å². The Kier molecular flexibility index (Phi) is 7.94. The van der Waals surface area contributed by atoms with Crippen LogP contribution in [0.15, 0.2) is 54.4 Å². The minimum Gasteiger partial charge on any atom is -0.351 e. The number of hydrogen-bond donors (Lipinski definition) is 2. The topological polar surface area (TPSA) is 78.5 Å². The number of hydrogen-bond acceptors (Lipinski definition) is 4. The summed E-state index contributed by atoms with van der Waals surface area (Å²) in [5.41, 5.74) is 0.497. The number of nitrogens with zero attached hydrogens (tertiary/aromatic N) is 1. The van der Waals surface area contributed by atoms with Crippen molar-refractivity contribution in [3.63, 3.8) is 0 Å². The lowest BCUT2D eigenvalue weighted by Gasteiger charge is -2.31. The monoisotopic (exact) mass is 443 g/mol. The molecule has 6 nitrogen and oxygen atoms in total. The van der Waals surface area contributed by atoms with Crippen LogP contribution in [0.3, 0.4) is 0 Å². The van der Waals surface area contributed by atoms with Crippen LogP contribution in [-0.2, 0) is 9.59 Å². The largest absolute Gasteiger partial charge is 0.351 e. The lowest BCUT2D eigenvalue weighted by atomic mass is 10.0. The van der Waals surface area contributed by atoms with Crippen molar-refractivity contribution in [1.82, 2.24) is 15.5 Å². The summed E-state index contributed by atoms with van der Waals surface area (Å²) in [5.74, 6) is -1.53. The van der Waals surface area contributed by atoms with Gasteiger partial charge in [0.05, 0.1) is 11.4 Å². The summed E-state index contributed by atoms with van der Waals surface area (Å²) in [7, 11) is 0. The fourth-order valence-electron chi connectivity index (χ4n) is 3.71. The van der Waals surface area contributed by atoms with Crippen LogP contribution in [0.2, 0.25) is 0 Å². The van der Waals surface area contributed by atoms with Gasteiger partial charge in [0.25, 0.3) is 5.91 Å². The molecule has 3 rings (SSSR count). The van der Waals surface area contributed by atoms with E-state index >= 15 is 0 Å². The average molecular weight is 444 g/mol. The third-order valence-electron chi connectivity index (χ3n) is 5.24. The van der Waals surface area contributed by atoms with Crippen molar-refractivity contribution in [2.24, 2.45) is 0 Å². The molecular weight excluding hydrogens is 417 g/mol. The zero-order valence-corrected chi connectivity index (χ0v) is 18.0. The molecule has 2 aromatic rings. The summed E-state index contributed by atoms with van der Waals surface area (Å²) in [5, 5.41) is 7.41. The van der Waals surface area contributed by atoms with E-state index in [0.29, 0.717) is 10.4 Å². The van der Waals surface area contributed by atoms with Gasteiger partial charge in [-0.15, -0.1) is 17.9 Å². The van der Waals surface area contributed by atoms with Gasteiger partial charge in [-0.2, -0.15) is 0 Å². The Morgan fingerprint density at radius 1 is 1.19 bits per heavy atom. The lowest BCUT2D eigenvalue weighted by molar-refractivity contribution is -0.139. The van der Waals surface area contributed by atoms with Gasteiger partial charge in [-0.25, -0.2) is 4.39 Å². The molecule has 1 atom stereocenters. The molecule has 1 saturated carbocycles. The molecule has 1 aliphatic carbocycles. The van der Waals surface area contributed by atoms with Gasteiger partial charge in [-0.3, -0.25) is 14.4 Å². The molecule has 1 aromatic carbocycles. The van der Waals surface area contributed by atoms with Gasteiger partial charge in [-0.05, 0) is 42.0 Å². The zero-order valence-electron chi connectivity index (χ0n) is 17.2. The summed E-state index contributed by atoms with van der Waals surface area (Å²) >= 11 is 1.28. The van der Waals surface area contributed by atoms with Crippen molar-refractivity contribution in [3.05, 3.63) is 70.7 Å². The number of rotatable bonds is 9. The Morgan fingerprint density at radius 3 is 2.52 bits per heavy atom. The predicted molar refractivity (Wildman–Crippen MR) is 118 cm³/mol. The second kappa shape index (κ2) is 10.9. The van der Waals surface area contributed by atoms with Gasteiger partial charge in [0.1, 0.15) is 11.9 Å². The molecule has 1 fully saturated rings. The molecule has 0 saturated heterocycles. The Balaban J connectivity index is 1.80. The van der Waals surface area contributed by atoms with E-state index in [0.717, 1.165) is 25.7 Å². The standard InChI is InChI=1S/C23H26FN3O3S/c1-2-13-27(20(28)15-25-22(29)19-8-5-14-31-19)21(16-9-11-17(24)12-10-16)23(30)26-18-6-3-4-7-18/h2,5,8-12,14,18,21H,1,3-4,6-7,13,15H2,(H,25,29)(H,26,30)/t21-/m1/s1. The summed E-state index contributed by atoms with van der Waals surface area (Å²) in [4.78, 5) is 40.3. The second-order valence-electron chi connectivity index (χ2n) is 7.44. The second-order valence-corrected chi connectivity index (χ2v) is 8.39. The van der Waals surface area contributed by atoms with Crippen LogP contribution in [-0.4, -0.2) is 41.8 Å². The summed E-state index contributed by atoms with van der Waals surface area (Å²) < 4.78 is 13.5. The molecule has 3 amide bonds. The van der Waals surface area contributed by atoms with E-state index in [1.165, 1.54) is 46.6 Å². The highest BCUT2D eigenvalue weighted by Crippen LogP contribution is 2.24. The predicted octanol–water partition coefficient (Wildman–Crippen LogP) is 3.43. The first-order valence-electron chi connectivity index (χ1n) is 10.3. The van der Waals surface area contributed by atoms with Gasteiger partial charge in [-0.1, -0.05) is 37.1 Å². The minimum absolute atomic E-state index is 0.0645. The first-order valence-corrected chi connectivity index (χ1v) is 11.2. The summed E-state index contributed by atoms with van der Waals surface area (Å²) in [6, 6.07) is 8.07. The first-order chi connectivity index (χ1) is 15.0. The van der Waals surface area contributed by atoms with E-state index < -0.39 is 17.8 Å². The maximum absolute atomic E-state index is 13.5. The van der Waals surface area contributed by atoms with Crippen LogP contribution < -0.4 is 10.6 Å². The van der Waals surface area contributed by atoms with E-state index in [-0.39, 0.29) is 30.9 Å². The van der Waals surface area contributed by atoms with Crippen molar-refractivity contribution in [3.8, 4) is 0 Å². The molecule has 0 aliphatic heterocycles. The molecule has 2 N–H and O–H groups in total. The Labute approximate surface area is 185 Å². The maximum atomic E-state index is 13.5. The number of carbonyl (C=O) groups is 3. The molecule has 164 valence electrons. The van der Waals surface area contributed by atoms with Gasteiger partial charge in [0.2, 0.25) is 11.8 Å². The van der Waals surface area contributed by atoms with Gasteiger partial charge >= 0.3 is 0 Å². The normalized spacial score (nSPS) is 14.6. The van der Waals surface area contributed by atoms with Crippen LogP contribution in [0.25, 0.3) is 0 Å².